The zero-order valence-corrected chi connectivity index (χ0v) is 5.26. The molecule has 3 nitrogen and oxygen atoms in total. The van der Waals surface area contributed by atoms with Crippen molar-refractivity contribution in [2.45, 2.75) is 0 Å². The molecule has 0 radical (unpaired) electrons. The molecule has 52 valence electrons. The summed E-state index contributed by atoms with van der Waals surface area (Å²) in [7, 11) is 0. The monoisotopic (exact) mass is 129 g/mol. The zero-order chi connectivity index (χ0) is 6.95. The summed E-state index contributed by atoms with van der Waals surface area (Å²) in [5.41, 5.74) is 0. The molecule has 0 aliphatic heterocycles. The van der Waals surface area contributed by atoms with Crippen molar-refractivity contribution in [2.75, 3.05) is 26.4 Å². The third-order valence-corrected chi connectivity index (χ3v) is 0.709. The highest BCUT2D eigenvalue weighted by Gasteiger charge is 1.82. The summed E-state index contributed by atoms with van der Waals surface area (Å²) in [6, 6.07) is 2.25. The summed E-state index contributed by atoms with van der Waals surface area (Å²) in [6.07, 6.45) is 4.88. The second kappa shape index (κ2) is 7.28. The number of terminal acetylenes is 1. The second-order valence-corrected chi connectivity index (χ2v) is 1.41. The fourth-order valence-electron chi connectivity index (χ4n) is 0.362. The lowest BCUT2D eigenvalue weighted by Crippen LogP contribution is -2.14. The molecule has 0 aliphatic rings. The SMILES string of the molecule is C#CNCCOCCO. The average Bonchev–Trinajstić information content (AvgIpc) is 1.89. The molecule has 0 amide bonds. The van der Waals surface area contributed by atoms with Gasteiger partial charge in [-0.05, 0) is 0 Å². The molecule has 0 saturated heterocycles. The quantitative estimate of drug-likeness (QED) is 0.289. The highest BCUT2D eigenvalue weighted by molar-refractivity contribution is 4.78. The Morgan fingerprint density at radius 3 is 2.89 bits per heavy atom. The Bertz CT molecular complexity index is 87.5. The topological polar surface area (TPSA) is 41.5 Å². The molecule has 0 spiro atoms. The highest BCUT2D eigenvalue weighted by atomic mass is 16.5. The molecule has 0 aromatic heterocycles. The van der Waals surface area contributed by atoms with Gasteiger partial charge >= 0.3 is 0 Å². The number of rotatable bonds is 5. The van der Waals surface area contributed by atoms with Crippen LogP contribution in [0, 0.1) is 12.5 Å². The van der Waals surface area contributed by atoms with Crippen LogP contribution in [0.15, 0.2) is 0 Å². The zero-order valence-electron chi connectivity index (χ0n) is 5.26. The number of hydrogen-bond acceptors (Lipinski definition) is 3. The van der Waals surface area contributed by atoms with Crippen molar-refractivity contribution in [3.8, 4) is 12.5 Å². The van der Waals surface area contributed by atoms with Crippen LogP contribution in [-0.4, -0.2) is 31.5 Å². The van der Waals surface area contributed by atoms with Gasteiger partial charge in [0.25, 0.3) is 0 Å². The molecular formula is C6H11NO2. The van der Waals surface area contributed by atoms with Gasteiger partial charge in [-0.15, -0.1) is 0 Å². The van der Waals surface area contributed by atoms with E-state index in [0.29, 0.717) is 19.8 Å². The van der Waals surface area contributed by atoms with Crippen LogP contribution in [0.3, 0.4) is 0 Å². The molecule has 2 N–H and O–H groups in total. The summed E-state index contributed by atoms with van der Waals surface area (Å²) in [5, 5.41) is 10.9. The largest absolute Gasteiger partial charge is 0.394 e. The van der Waals surface area contributed by atoms with E-state index in [1.807, 2.05) is 0 Å². The van der Waals surface area contributed by atoms with Gasteiger partial charge in [0, 0.05) is 12.6 Å². The fraction of sp³-hybridized carbons (Fsp3) is 0.667. The van der Waals surface area contributed by atoms with E-state index in [0.717, 1.165) is 0 Å². The normalized spacial score (nSPS) is 8.44. The minimum Gasteiger partial charge on any atom is -0.394 e. The first-order valence-corrected chi connectivity index (χ1v) is 2.79. The lowest BCUT2D eigenvalue weighted by atomic mass is 10.7. The van der Waals surface area contributed by atoms with E-state index in [4.69, 9.17) is 16.3 Å². The van der Waals surface area contributed by atoms with Gasteiger partial charge in [-0.1, -0.05) is 6.42 Å². The molecule has 0 aromatic rings. The first-order valence-electron chi connectivity index (χ1n) is 2.79. The Hall–Kier alpha value is -0.720. The first-order chi connectivity index (χ1) is 4.41. The van der Waals surface area contributed by atoms with Crippen LogP contribution in [0.5, 0.6) is 0 Å². The van der Waals surface area contributed by atoms with Crippen LogP contribution in [0.25, 0.3) is 0 Å². The van der Waals surface area contributed by atoms with Gasteiger partial charge < -0.3 is 15.2 Å². The molecule has 0 saturated carbocycles. The maximum Gasteiger partial charge on any atom is 0.0698 e. The number of aliphatic hydroxyl groups excluding tert-OH is 1. The van der Waals surface area contributed by atoms with Gasteiger partial charge in [0.15, 0.2) is 0 Å². The van der Waals surface area contributed by atoms with Gasteiger partial charge in [-0.25, -0.2) is 0 Å². The Morgan fingerprint density at radius 1 is 1.56 bits per heavy atom. The summed E-state index contributed by atoms with van der Waals surface area (Å²) < 4.78 is 4.88. The van der Waals surface area contributed by atoms with Crippen molar-refractivity contribution in [1.82, 2.24) is 5.32 Å². The van der Waals surface area contributed by atoms with Gasteiger partial charge in [-0.2, -0.15) is 0 Å². The number of hydrogen-bond donors (Lipinski definition) is 2. The molecule has 0 heterocycles. The van der Waals surface area contributed by atoms with Crippen LogP contribution < -0.4 is 5.32 Å². The van der Waals surface area contributed by atoms with Gasteiger partial charge in [0.2, 0.25) is 0 Å². The second-order valence-electron chi connectivity index (χ2n) is 1.41. The lowest BCUT2D eigenvalue weighted by Gasteiger charge is -1.98. The molecule has 0 aromatic carbocycles. The average molecular weight is 129 g/mol. The van der Waals surface area contributed by atoms with Crippen molar-refractivity contribution >= 4 is 0 Å². The Kier molecular flexibility index (Phi) is 6.70. The number of nitrogens with one attached hydrogen (secondary N) is 1. The van der Waals surface area contributed by atoms with Crippen molar-refractivity contribution in [1.29, 1.82) is 0 Å². The molecule has 0 fully saturated rings. The molecule has 9 heavy (non-hydrogen) atoms. The Morgan fingerprint density at radius 2 is 2.33 bits per heavy atom. The molecule has 3 heteroatoms. The molecular weight excluding hydrogens is 118 g/mol. The summed E-state index contributed by atoms with van der Waals surface area (Å²) >= 11 is 0. The highest BCUT2D eigenvalue weighted by Crippen LogP contribution is 1.69. The maximum atomic E-state index is 8.24. The van der Waals surface area contributed by atoms with Crippen LogP contribution >= 0.6 is 0 Å². The first kappa shape index (κ1) is 8.28. The minimum absolute atomic E-state index is 0.0655. The Balaban J connectivity index is 2.69. The van der Waals surface area contributed by atoms with Gasteiger partial charge in [0.1, 0.15) is 0 Å². The summed E-state index contributed by atoms with van der Waals surface area (Å²) in [4.78, 5) is 0. The van der Waals surface area contributed by atoms with Gasteiger partial charge in [0.05, 0.1) is 19.8 Å². The number of aliphatic hydroxyl groups is 1. The molecule has 0 rings (SSSR count). The summed E-state index contributed by atoms with van der Waals surface area (Å²) in [6.45, 7) is 1.63. The van der Waals surface area contributed by atoms with Gasteiger partial charge in [-0.3, -0.25) is 0 Å². The van der Waals surface area contributed by atoms with E-state index in [2.05, 4.69) is 11.4 Å². The molecule has 0 atom stereocenters. The number of ether oxygens (including phenoxy) is 1. The van der Waals surface area contributed by atoms with E-state index in [1.165, 1.54) is 0 Å². The molecule has 0 bridgehead atoms. The summed E-state index contributed by atoms with van der Waals surface area (Å²) in [5.74, 6) is 0. The third kappa shape index (κ3) is 7.28. The fourth-order valence-corrected chi connectivity index (χ4v) is 0.362. The third-order valence-electron chi connectivity index (χ3n) is 0.709. The van der Waals surface area contributed by atoms with E-state index in [1.54, 1.807) is 0 Å². The van der Waals surface area contributed by atoms with E-state index in [-0.39, 0.29) is 6.61 Å². The Labute approximate surface area is 55.0 Å². The van der Waals surface area contributed by atoms with Crippen LogP contribution in [0.2, 0.25) is 0 Å². The minimum atomic E-state index is 0.0655. The maximum absolute atomic E-state index is 8.24. The predicted octanol–water partition coefficient (Wildman–Crippen LogP) is -0.824. The smallest absolute Gasteiger partial charge is 0.0698 e. The molecule has 0 aliphatic carbocycles. The van der Waals surface area contributed by atoms with Crippen molar-refractivity contribution in [3.05, 3.63) is 0 Å². The molecule has 0 unspecified atom stereocenters. The van der Waals surface area contributed by atoms with Crippen LogP contribution in [0.1, 0.15) is 0 Å². The standard InChI is InChI=1S/C6H11NO2/c1-2-7-3-5-9-6-4-8/h1,7-8H,3-6H2. The van der Waals surface area contributed by atoms with E-state index in [9.17, 15) is 0 Å². The van der Waals surface area contributed by atoms with Crippen LogP contribution in [-0.2, 0) is 4.74 Å². The predicted molar refractivity (Wildman–Crippen MR) is 34.7 cm³/mol. The van der Waals surface area contributed by atoms with E-state index < -0.39 is 0 Å². The lowest BCUT2D eigenvalue weighted by molar-refractivity contribution is 0.0956. The van der Waals surface area contributed by atoms with E-state index >= 15 is 0 Å². The van der Waals surface area contributed by atoms with Crippen molar-refractivity contribution < 1.29 is 9.84 Å². The van der Waals surface area contributed by atoms with Crippen LogP contribution in [0.4, 0.5) is 0 Å². The van der Waals surface area contributed by atoms with Crippen molar-refractivity contribution in [2.24, 2.45) is 0 Å². The van der Waals surface area contributed by atoms with Crippen molar-refractivity contribution in [3.63, 3.8) is 0 Å².